The molecule has 0 atom stereocenters. The predicted octanol–water partition coefficient (Wildman–Crippen LogP) is 4.78. The maximum atomic E-state index is 5.36. The molecule has 0 spiro atoms. The molecule has 0 aliphatic carbocycles. The summed E-state index contributed by atoms with van der Waals surface area (Å²) >= 11 is 5.14. The van der Waals surface area contributed by atoms with Gasteiger partial charge in [-0.15, -0.1) is 0 Å². The van der Waals surface area contributed by atoms with Crippen LogP contribution in [0.3, 0.4) is 0 Å². The Kier molecular flexibility index (Phi) is 4.94. The number of rotatable bonds is 4. The van der Waals surface area contributed by atoms with Crippen LogP contribution in [0.2, 0.25) is 0 Å². The zero-order valence-corrected chi connectivity index (χ0v) is 14.6. The van der Waals surface area contributed by atoms with E-state index < -0.39 is 0 Å². The standard InChI is InChI=1S/C15H19BrN2OS/c1-10-9-19-14(18-10)20-13-6-5-11(7-12(13)16)8-17-15(2,3)4/h5-7,9,17H,8H2,1-4H3. The lowest BCUT2D eigenvalue weighted by atomic mass is 10.1. The second-order valence-corrected chi connectivity index (χ2v) is 7.57. The van der Waals surface area contributed by atoms with Gasteiger partial charge in [0.25, 0.3) is 5.22 Å². The molecule has 2 rings (SSSR count). The highest BCUT2D eigenvalue weighted by molar-refractivity contribution is 9.10. The molecule has 0 radical (unpaired) electrons. The van der Waals surface area contributed by atoms with Crippen molar-refractivity contribution in [3.05, 3.63) is 40.2 Å². The SMILES string of the molecule is Cc1coc(Sc2ccc(CNC(C)(C)C)cc2Br)n1. The van der Waals surface area contributed by atoms with E-state index in [1.807, 2.05) is 6.92 Å². The zero-order chi connectivity index (χ0) is 14.8. The largest absolute Gasteiger partial charge is 0.439 e. The molecule has 5 heteroatoms. The quantitative estimate of drug-likeness (QED) is 0.856. The third-order valence-corrected chi connectivity index (χ3v) is 4.47. The molecule has 1 heterocycles. The molecule has 0 saturated heterocycles. The van der Waals surface area contributed by atoms with E-state index in [-0.39, 0.29) is 5.54 Å². The molecule has 108 valence electrons. The number of aromatic nitrogens is 1. The van der Waals surface area contributed by atoms with Crippen LogP contribution < -0.4 is 5.32 Å². The lowest BCUT2D eigenvalue weighted by Gasteiger charge is -2.20. The minimum atomic E-state index is 0.121. The fourth-order valence-corrected chi connectivity index (χ4v) is 3.01. The van der Waals surface area contributed by atoms with E-state index in [9.17, 15) is 0 Å². The molecule has 1 aromatic heterocycles. The van der Waals surface area contributed by atoms with Gasteiger partial charge in [0.05, 0.1) is 5.69 Å². The molecule has 1 N–H and O–H groups in total. The molecule has 3 nitrogen and oxygen atoms in total. The van der Waals surface area contributed by atoms with Crippen molar-refractivity contribution in [1.82, 2.24) is 10.3 Å². The number of halogens is 1. The molecule has 0 bridgehead atoms. The van der Waals surface area contributed by atoms with Gasteiger partial charge in [-0.1, -0.05) is 6.07 Å². The van der Waals surface area contributed by atoms with Crippen LogP contribution in [0.4, 0.5) is 0 Å². The van der Waals surface area contributed by atoms with Gasteiger partial charge in [-0.3, -0.25) is 0 Å². The van der Waals surface area contributed by atoms with E-state index in [4.69, 9.17) is 4.42 Å². The Morgan fingerprint density at radius 1 is 1.35 bits per heavy atom. The molecular weight excluding hydrogens is 336 g/mol. The number of oxazole rings is 1. The fourth-order valence-electron chi connectivity index (χ4n) is 1.58. The summed E-state index contributed by atoms with van der Waals surface area (Å²) in [4.78, 5) is 5.40. The van der Waals surface area contributed by atoms with E-state index in [2.05, 4.69) is 65.2 Å². The van der Waals surface area contributed by atoms with Gasteiger partial charge in [0, 0.05) is 21.5 Å². The predicted molar refractivity (Wildman–Crippen MR) is 86.1 cm³/mol. The van der Waals surface area contributed by atoms with Crippen molar-refractivity contribution in [1.29, 1.82) is 0 Å². The van der Waals surface area contributed by atoms with Gasteiger partial charge in [0.15, 0.2) is 0 Å². The number of benzene rings is 1. The van der Waals surface area contributed by atoms with Gasteiger partial charge in [-0.05, 0) is 73.1 Å². The zero-order valence-electron chi connectivity index (χ0n) is 12.2. The molecule has 0 aliphatic heterocycles. The summed E-state index contributed by atoms with van der Waals surface area (Å²) < 4.78 is 6.43. The summed E-state index contributed by atoms with van der Waals surface area (Å²) in [7, 11) is 0. The van der Waals surface area contributed by atoms with Crippen molar-refractivity contribution in [3.63, 3.8) is 0 Å². The van der Waals surface area contributed by atoms with Crippen LogP contribution in [0.1, 0.15) is 32.0 Å². The Bertz CT molecular complexity index is 590. The lowest BCUT2D eigenvalue weighted by molar-refractivity contribution is 0.424. The van der Waals surface area contributed by atoms with E-state index in [0.29, 0.717) is 5.22 Å². The summed E-state index contributed by atoms with van der Waals surface area (Å²) in [6.07, 6.45) is 1.66. The smallest absolute Gasteiger partial charge is 0.260 e. The average molecular weight is 355 g/mol. The molecule has 1 aromatic carbocycles. The van der Waals surface area contributed by atoms with Crippen molar-refractivity contribution in [3.8, 4) is 0 Å². The molecule has 0 fully saturated rings. The number of nitrogens with zero attached hydrogens (tertiary/aromatic N) is 1. The summed E-state index contributed by atoms with van der Waals surface area (Å²) in [5, 5.41) is 4.15. The van der Waals surface area contributed by atoms with Crippen LogP contribution in [0.5, 0.6) is 0 Å². The van der Waals surface area contributed by atoms with Crippen molar-refractivity contribution in [2.75, 3.05) is 0 Å². The molecule has 20 heavy (non-hydrogen) atoms. The topological polar surface area (TPSA) is 38.1 Å². The van der Waals surface area contributed by atoms with Crippen molar-refractivity contribution in [2.24, 2.45) is 0 Å². The number of hydrogen-bond acceptors (Lipinski definition) is 4. The number of hydrogen-bond donors (Lipinski definition) is 1. The molecule has 2 aromatic rings. The van der Waals surface area contributed by atoms with Crippen LogP contribution >= 0.6 is 27.7 Å². The maximum absolute atomic E-state index is 5.36. The third-order valence-electron chi connectivity index (χ3n) is 2.61. The van der Waals surface area contributed by atoms with Gasteiger partial charge in [-0.25, -0.2) is 4.98 Å². The molecule has 0 amide bonds. The summed E-state index contributed by atoms with van der Waals surface area (Å²) in [5.41, 5.74) is 2.27. The van der Waals surface area contributed by atoms with E-state index in [0.717, 1.165) is 21.6 Å². The van der Waals surface area contributed by atoms with Crippen LogP contribution in [0.15, 0.2) is 43.5 Å². The van der Waals surface area contributed by atoms with E-state index in [1.54, 1.807) is 6.26 Å². The summed E-state index contributed by atoms with van der Waals surface area (Å²) in [5.74, 6) is 0. The molecule has 0 saturated carbocycles. The summed E-state index contributed by atoms with van der Waals surface area (Å²) in [6.45, 7) is 9.26. The second-order valence-electron chi connectivity index (χ2n) is 5.73. The number of aryl methyl sites for hydroxylation is 1. The molecule has 0 unspecified atom stereocenters. The normalized spacial score (nSPS) is 11.8. The first-order chi connectivity index (χ1) is 9.33. The van der Waals surface area contributed by atoms with Crippen LogP contribution in [0.25, 0.3) is 0 Å². The van der Waals surface area contributed by atoms with E-state index >= 15 is 0 Å². The minimum Gasteiger partial charge on any atom is -0.439 e. The van der Waals surface area contributed by atoms with E-state index in [1.165, 1.54) is 17.3 Å². The second kappa shape index (κ2) is 6.33. The lowest BCUT2D eigenvalue weighted by Crippen LogP contribution is -2.35. The van der Waals surface area contributed by atoms with Crippen LogP contribution in [-0.2, 0) is 6.54 Å². The van der Waals surface area contributed by atoms with Crippen molar-refractivity contribution >= 4 is 27.7 Å². The van der Waals surface area contributed by atoms with Crippen molar-refractivity contribution < 1.29 is 4.42 Å². The Labute approximate surface area is 132 Å². The highest BCUT2D eigenvalue weighted by atomic mass is 79.9. The van der Waals surface area contributed by atoms with Gasteiger partial charge in [-0.2, -0.15) is 0 Å². The Balaban J connectivity index is 2.06. The maximum Gasteiger partial charge on any atom is 0.260 e. The Hall–Kier alpha value is -0.780. The van der Waals surface area contributed by atoms with Gasteiger partial charge in [0.2, 0.25) is 0 Å². The highest BCUT2D eigenvalue weighted by Crippen LogP contribution is 2.33. The minimum absolute atomic E-state index is 0.121. The van der Waals surface area contributed by atoms with Crippen LogP contribution in [0, 0.1) is 6.92 Å². The Morgan fingerprint density at radius 3 is 2.65 bits per heavy atom. The fraction of sp³-hybridized carbons (Fsp3) is 0.400. The Morgan fingerprint density at radius 2 is 2.10 bits per heavy atom. The first kappa shape index (κ1) is 15.6. The van der Waals surface area contributed by atoms with Crippen molar-refractivity contribution in [2.45, 2.75) is 49.9 Å². The molecule has 0 aliphatic rings. The average Bonchev–Trinajstić information content (AvgIpc) is 2.74. The highest BCUT2D eigenvalue weighted by Gasteiger charge is 2.11. The third kappa shape index (κ3) is 4.65. The van der Waals surface area contributed by atoms with Gasteiger partial charge < -0.3 is 9.73 Å². The first-order valence-electron chi connectivity index (χ1n) is 6.47. The monoisotopic (exact) mass is 354 g/mol. The van der Waals surface area contributed by atoms with Gasteiger partial charge in [0.1, 0.15) is 6.26 Å². The number of nitrogens with one attached hydrogen (secondary N) is 1. The first-order valence-corrected chi connectivity index (χ1v) is 8.08. The van der Waals surface area contributed by atoms with Gasteiger partial charge >= 0.3 is 0 Å². The summed E-state index contributed by atoms with van der Waals surface area (Å²) in [6, 6.07) is 6.35. The van der Waals surface area contributed by atoms with Crippen LogP contribution in [-0.4, -0.2) is 10.5 Å². The molecular formula is C15H19BrN2OS.